The lowest BCUT2D eigenvalue weighted by molar-refractivity contribution is -0.146. The molecule has 1 N–H and O–H groups in total. The quantitative estimate of drug-likeness (QED) is 0.905. The summed E-state index contributed by atoms with van der Waals surface area (Å²) in [6, 6.07) is 6.04. The zero-order chi connectivity index (χ0) is 15.5. The van der Waals surface area contributed by atoms with Crippen molar-refractivity contribution in [2.75, 3.05) is 13.1 Å². The second kappa shape index (κ2) is 6.56. The number of nitrogens with one attached hydrogen (secondary N) is 1. The average Bonchev–Trinajstić information content (AvgIpc) is 2.95. The van der Waals surface area contributed by atoms with Gasteiger partial charge >= 0.3 is 0 Å². The van der Waals surface area contributed by atoms with Crippen molar-refractivity contribution in [2.45, 2.75) is 46.7 Å². The Labute approximate surface area is 127 Å². The van der Waals surface area contributed by atoms with Gasteiger partial charge in [-0.2, -0.15) is 0 Å². The minimum atomic E-state index is -0.265. The number of carbonyl (C=O) groups excluding carboxylic acids is 1. The summed E-state index contributed by atoms with van der Waals surface area (Å²) in [5, 5.41) is 3.37. The Morgan fingerprint density at radius 2 is 2.14 bits per heavy atom. The fourth-order valence-corrected chi connectivity index (χ4v) is 3.07. The van der Waals surface area contributed by atoms with Crippen molar-refractivity contribution in [3.05, 3.63) is 30.1 Å². The minimum absolute atomic E-state index is 0.177. The molecule has 4 heteroatoms. The summed E-state index contributed by atoms with van der Waals surface area (Å²) >= 11 is 0. The van der Waals surface area contributed by atoms with E-state index in [0.29, 0.717) is 12.5 Å². The minimum Gasteiger partial charge on any atom is -0.334 e. The highest BCUT2D eigenvalue weighted by molar-refractivity contribution is 5.84. The average molecular weight is 289 g/mol. The third kappa shape index (κ3) is 3.26. The van der Waals surface area contributed by atoms with Gasteiger partial charge in [-0.3, -0.25) is 9.78 Å². The summed E-state index contributed by atoms with van der Waals surface area (Å²) in [5.41, 5.74) is 0.684. The molecule has 1 aromatic heterocycles. The number of hydrogen-bond acceptors (Lipinski definition) is 3. The van der Waals surface area contributed by atoms with Crippen molar-refractivity contribution in [2.24, 2.45) is 11.3 Å². The molecule has 21 heavy (non-hydrogen) atoms. The largest absolute Gasteiger partial charge is 0.334 e. The van der Waals surface area contributed by atoms with Crippen molar-refractivity contribution < 1.29 is 4.79 Å². The third-order valence-electron chi connectivity index (χ3n) is 4.66. The van der Waals surface area contributed by atoms with E-state index in [-0.39, 0.29) is 17.4 Å². The van der Waals surface area contributed by atoms with Crippen LogP contribution in [0.25, 0.3) is 0 Å². The molecule has 2 rings (SSSR count). The lowest BCUT2D eigenvalue weighted by atomic mass is 9.75. The highest BCUT2D eigenvalue weighted by atomic mass is 16.2. The molecule has 116 valence electrons. The van der Waals surface area contributed by atoms with E-state index < -0.39 is 0 Å². The van der Waals surface area contributed by atoms with Crippen LogP contribution < -0.4 is 5.32 Å². The molecule has 4 nitrogen and oxygen atoms in total. The molecule has 1 saturated heterocycles. The van der Waals surface area contributed by atoms with Gasteiger partial charge in [0.05, 0.1) is 17.7 Å². The second-order valence-electron chi connectivity index (χ2n) is 6.59. The first-order valence-corrected chi connectivity index (χ1v) is 7.89. The molecule has 0 aromatic carbocycles. The molecule has 0 spiro atoms. The van der Waals surface area contributed by atoms with Gasteiger partial charge in [0.2, 0.25) is 5.91 Å². The van der Waals surface area contributed by atoms with Crippen LogP contribution in [0.4, 0.5) is 0 Å². The smallest absolute Gasteiger partial charge is 0.230 e. The number of pyridine rings is 1. The number of rotatable bonds is 5. The molecule has 1 unspecified atom stereocenters. The Morgan fingerprint density at radius 1 is 1.38 bits per heavy atom. The summed E-state index contributed by atoms with van der Waals surface area (Å²) in [6.07, 6.45) is 2.71. The van der Waals surface area contributed by atoms with E-state index in [1.165, 1.54) is 0 Å². The zero-order valence-corrected chi connectivity index (χ0v) is 13.6. The summed E-state index contributed by atoms with van der Waals surface area (Å²) < 4.78 is 0. The molecule has 1 amide bonds. The normalized spacial score (nSPS) is 22.0. The van der Waals surface area contributed by atoms with E-state index in [9.17, 15) is 4.79 Å². The van der Waals surface area contributed by atoms with Crippen molar-refractivity contribution >= 4 is 5.91 Å². The second-order valence-corrected chi connectivity index (χ2v) is 6.59. The van der Waals surface area contributed by atoms with E-state index in [4.69, 9.17) is 0 Å². The van der Waals surface area contributed by atoms with E-state index >= 15 is 0 Å². The van der Waals surface area contributed by atoms with Gasteiger partial charge in [0.15, 0.2) is 0 Å². The summed E-state index contributed by atoms with van der Waals surface area (Å²) in [5.74, 6) is 0.605. The molecule has 1 atom stereocenters. The predicted molar refractivity (Wildman–Crippen MR) is 84.7 cm³/mol. The van der Waals surface area contributed by atoms with Gasteiger partial charge in [0.25, 0.3) is 0 Å². The number of aromatic nitrogens is 1. The van der Waals surface area contributed by atoms with E-state index in [2.05, 4.69) is 38.0 Å². The van der Waals surface area contributed by atoms with Crippen molar-refractivity contribution in [1.29, 1.82) is 0 Å². The molecule has 0 radical (unpaired) electrons. The number of hydrogen-bond donors (Lipinski definition) is 1. The maximum absolute atomic E-state index is 13.2. The molecule has 0 bridgehead atoms. The first-order chi connectivity index (χ1) is 9.97. The van der Waals surface area contributed by atoms with Crippen molar-refractivity contribution in [3.63, 3.8) is 0 Å². The van der Waals surface area contributed by atoms with Gasteiger partial charge in [-0.05, 0) is 44.9 Å². The van der Waals surface area contributed by atoms with Crippen LogP contribution in [0.2, 0.25) is 0 Å². The van der Waals surface area contributed by atoms with Crippen LogP contribution in [-0.2, 0) is 11.3 Å². The summed E-state index contributed by atoms with van der Waals surface area (Å²) in [7, 11) is 0. The molecule has 1 aliphatic heterocycles. The molecule has 0 aliphatic carbocycles. The molecule has 2 heterocycles. The van der Waals surface area contributed by atoms with Gasteiger partial charge in [-0.25, -0.2) is 0 Å². The van der Waals surface area contributed by atoms with Crippen LogP contribution in [0.1, 0.15) is 39.8 Å². The molecule has 1 fully saturated rings. The highest BCUT2D eigenvalue weighted by Crippen LogP contribution is 2.37. The molecule has 1 aromatic rings. The van der Waals surface area contributed by atoms with Crippen LogP contribution in [0, 0.1) is 11.3 Å². The SMILES string of the molecule is CC(C)N(Cc1ccccn1)C(=O)C1(C(C)C)CCNC1. The monoisotopic (exact) mass is 289 g/mol. The van der Waals surface area contributed by atoms with Gasteiger partial charge < -0.3 is 10.2 Å². The van der Waals surface area contributed by atoms with Gasteiger partial charge in [-0.1, -0.05) is 19.9 Å². The first-order valence-electron chi connectivity index (χ1n) is 7.89. The Kier molecular flexibility index (Phi) is 4.99. The molecule has 1 aliphatic rings. The standard InChI is InChI=1S/C17H27N3O/c1-13(2)17(8-10-18-12-17)16(21)20(14(3)4)11-15-7-5-6-9-19-15/h5-7,9,13-14,18H,8,10-12H2,1-4H3. The zero-order valence-electron chi connectivity index (χ0n) is 13.6. The highest BCUT2D eigenvalue weighted by Gasteiger charge is 2.46. The van der Waals surface area contributed by atoms with Crippen LogP contribution in [0.15, 0.2) is 24.4 Å². The number of carbonyl (C=O) groups is 1. The summed E-state index contributed by atoms with van der Waals surface area (Å²) in [6.45, 7) is 10.8. The topological polar surface area (TPSA) is 45.2 Å². The first kappa shape index (κ1) is 16.0. The Balaban J connectivity index is 2.23. The summed E-state index contributed by atoms with van der Waals surface area (Å²) in [4.78, 5) is 19.6. The fourth-order valence-electron chi connectivity index (χ4n) is 3.07. The van der Waals surface area contributed by atoms with Gasteiger partial charge in [0, 0.05) is 18.8 Å². The van der Waals surface area contributed by atoms with E-state index in [0.717, 1.165) is 25.2 Å². The molecule has 0 saturated carbocycles. The molecular weight excluding hydrogens is 262 g/mol. The van der Waals surface area contributed by atoms with Crippen molar-refractivity contribution in [1.82, 2.24) is 15.2 Å². The van der Waals surface area contributed by atoms with Crippen LogP contribution in [0.3, 0.4) is 0 Å². The lowest BCUT2D eigenvalue weighted by Crippen LogP contribution is -2.50. The van der Waals surface area contributed by atoms with Crippen LogP contribution >= 0.6 is 0 Å². The van der Waals surface area contributed by atoms with E-state index in [1.807, 2.05) is 23.1 Å². The number of nitrogens with zero attached hydrogens (tertiary/aromatic N) is 2. The predicted octanol–water partition coefficient (Wildman–Crippen LogP) is 2.45. The van der Waals surface area contributed by atoms with Crippen molar-refractivity contribution in [3.8, 4) is 0 Å². The maximum Gasteiger partial charge on any atom is 0.230 e. The van der Waals surface area contributed by atoms with E-state index in [1.54, 1.807) is 6.20 Å². The lowest BCUT2D eigenvalue weighted by Gasteiger charge is -2.38. The van der Waals surface area contributed by atoms with Crippen LogP contribution in [0.5, 0.6) is 0 Å². The maximum atomic E-state index is 13.2. The van der Waals surface area contributed by atoms with Crippen LogP contribution in [-0.4, -0.2) is 34.9 Å². The fraction of sp³-hybridized carbons (Fsp3) is 0.647. The number of amides is 1. The third-order valence-corrected chi connectivity index (χ3v) is 4.66. The Bertz CT molecular complexity index is 464. The Morgan fingerprint density at radius 3 is 2.62 bits per heavy atom. The Hall–Kier alpha value is -1.42. The van der Waals surface area contributed by atoms with Gasteiger partial charge in [-0.15, -0.1) is 0 Å². The van der Waals surface area contributed by atoms with Gasteiger partial charge in [0.1, 0.15) is 0 Å². The molecular formula is C17H27N3O.